The molecular weight excluding hydrogens is 313 g/mol. The topological polar surface area (TPSA) is 29.1 Å². The van der Waals surface area contributed by atoms with Gasteiger partial charge in [-0.2, -0.15) is 0 Å². The van der Waals surface area contributed by atoms with Gasteiger partial charge in [-0.1, -0.05) is 12.1 Å². The van der Waals surface area contributed by atoms with Gasteiger partial charge in [0.05, 0.1) is 0 Å². The summed E-state index contributed by atoms with van der Waals surface area (Å²) in [6.45, 7) is 5.89. The summed E-state index contributed by atoms with van der Waals surface area (Å²) in [5, 5.41) is 2.88. The molecule has 0 radical (unpaired) electrons. The van der Waals surface area contributed by atoms with Gasteiger partial charge in [-0.3, -0.25) is 4.79 Å². The first kappa shape index (κ1) is 13.2. The number of nitrogens with one attached hydrogen (secondary N) is 1. The molecule has 1 rings (SSSR count). The summed E-state index contributed by atoms with van der Waals surface area (Å²) in [6.07, 6.45) is 3.39. The Hall–Kier alpha value is -0.840. The number of amides is 1. The molecule has 0 unspecified atom stereocenters. The molecule has 1 aromatic rings. The number of hydrogen-bond donors (Lipinski definition) is 1. The lowest BCUT2D eigenvalue weighted by Crippen LogP contribution is -2.39. The van der Waals surface area contributed by atoms with Gasteiger partial charge in [0.2, 0.25) is 5.91 Å². The van der Waals surface area contributed by atoms with E-state index in [4.69, 9.17) is 0 Å². The molecule has 3 heteroatoms. The molecule has 86 valence electrons. The van der Waals surface area contributed by atoms with E-state index in [1.807, 2.05) is 51.1 Å². The van der Waals surface area contributed by atoms with E-state index < -0.39 is 0 Å². The van der Waals surface area contributed by atoms with Gasteiger partial charge in [-0.05, 0) is 67.1 Å². The van der Waals surface area contributed by atoms with E-state index in [0.717, 1.165) is 9.13 Å². The van der Waals surface area contributed by atoms with E-state index in [2.05, 4.69) is 27.9 Å². The molecule has 0 saturated carbocycles. The molecule has 0 aromatic heterocycles. The van der Waals surface area contributed by atoms with Crippen LogP contribution in [0.1, 0.15) is 26.3 Å². The second kappa shape index (κ2) is 5.48. The second-order valence-electron chi connectivity index (χ2n) is 4.63. The van der Waals surface area contributed by atoms with Crippen LogP contribution in [0.5, 0.6) is 0 Å². The number of rotatable bonds is 2. The SMILES string of the molecule is CC(C)(C)NC(=O)C=Cc1cccc(I)c1. The van der Waals surface area contributed by atoms with Crippen molar-refractivity contribution in [3.63, 3.8) is 0 Å². The van der Waals surface area contributed by atoms with Crippen molar-refractivity contribution in [2.45, 2.75) is 26.3 Å². The van der Waals surface area contributed by atoms with Crippen LogP contribution in [0.4, 0.5) is 0 Å². The van der Waals surface area contributed by atoms with Crippen molar-refractivity contribution in [2.75, 3.05) is 0 Å². The molecule has 0 saturated heterocycles. The monoisotopic (exact) mass is 329 g/mol. The number of benzene rings is 1. The molecule has 0 heterocycles. The Morgan fingerprint density at radius 2 is 2.06 bits per heavy atom. The fourth-order valence-corrected chi connectivity index (χ4v) is 1.76. The highest BCUT2D eigenvalue weighted by molar-refractivity contribution is 14.1. The zero-order chi connectivity index (χ0) is 12.2. The van der Waals surface area contributed by atoms with Crippen LogP contribution in [-0.2, 0) is 4.79 Å². The first-order valence-electron chi connectivity index (χ1n) is 5.13. The summed E-state index contributed by atoms with van der Waals surface area (Å²) in [6, 6.07) is 8.00. The average molecular weight is 329 g/mol. The molecular formula is C13H16INO. The van der Waals surface area contributed by atoms with E-state index in [0.29, 0.717) is 0 Å². The number of halogens is 1. The molecule has 1 amide bonds. The van der Waals surface area contributed by atoms with Crippen molar-refractivity contribution in [3.05, 3.63) is 39.5 Å². The highest BCUT2D eigenvalue weighted by Crippen LogP contribution is 2.09. The van der Waals surface area contributed by atoms with Gasteiger partial charge in [-0.15, -0.1) is 0 Å². The van der Waals surface area contributed by atoms with Crippen LogP contribution < -0.4 is 5.32 Å². The Morgan fingerprint density at radius 3 is 2.62 bits per heavy atom. The van der Waals surface area contributed by atoms with E-state index >= 15 is 0 Å². The first-order valence-corrected chi connectivity index (χ1v) is 6.20. The van der Waals surface area contributed by atoms with E-state index in [1.54, 1.807) is 6.08 Å². The molecule has 0 aliphatic heterocycles. The maximum Gasteiger partial charge on any atom is 0.244 e. The maximum absolute atomic E-state index is 11.5. The highest BCUT2D eigenvalue weighted by atomic mass is 127. The molecule has 0 aliphatic rings. The minimum absolute atomic E-state index is 0.0636. The summed E-state index contributed by atoms with van der Waals surface area (Å²) >= 11 is 2.25. The molecule has 2 nitrogen and oxygen atoms in total. The predicted octanol–water partition coefficient (Wildman–Crippen LogP) is 3.22. The van der Waals surface area contributed by atoms with Crippen LogP contribution in [0.25, 0.3) is 6.08 Å². The fourth-order valence-electron chi connectivity index (χ4n) is 1.19. The molecule has 1 N–H and O–H groups in total. The van der Waals surface area contributed by atoms with Crippen LogP contribution in [0.3, 0.4) is 0 Å². The van der Waals surface area contributed by atoms with Crippen LogP contribution in [0, 0.1) is 3.57 Å². The number of hydrogen-bond acceptors (Lipinski definition) is 1. The molecule has 0 spiro atoms. The van der Waals surface area contributed by atoms with Crippen molar-refractivity contribution < 1.29 is 4.79 Å². The van der Waals surface area contributed by atoms with Gasteiger partial charge >= 0.3 is 0 Å². The Morgan fingerprint density at radius 1 is 1.38 bits per heavy atom. The van der Waals surface area contributed by atoms with Crippen molar-refractivity contribution in [2.24, 2.45) is 0 Å². The zero-order valence-electron chi connectivity index (χ0n) is 9.75. The van der Waals surface area contributed by atoms with Crippen molar-refractivity contribution in [1.29, 1.82) is 0 Å². The van der Waals surface area contributed by atoms with E-state index in [-0.39, 0.29) is 11.4 Å². The van der Waals surface area contributed by atoms with Gasteiger partial charge in [0, 0.05) is 15.2 Å². The molecule has 0 bridgehead atoms. The Balaban J connectivity index is 2.64. The van der Waals surface area contributed by atoms with Crippen molar-refractivity contribution in [3.8, 4) is 0 Å². The third-order valence-corrected chi connectivity index (χ3v) is 2.45. The predicted molar refractivity (Wildman–Crippen MR) is 76.1 cm³/mol. The lowest BCUT2D eigenvalue weighted by Gasteiger charge is -2.18. The molecule has 0 aliphatic carbocycles. The van der Waals surface area contributed by atoms with Gasteiger partial charge in [0.15, 0.2) is 0 Å². The van der Waals surface area contributed by atoms with Gasteiger partial charge in [0.1, 0.15) is 0 Å². The van der Waals surface area contributed by atoms with E-state index in [1.165, 1.54) is 0 Å². The van der Waals surface area contributed by atoms with Crippen LogP contribution in [0.2, 0.25) is 0 Å². The van der Waals surface area contributed by atoms with Gasteiger partial charge in [-0.25, -0.2) is 0 Å². The lowest BCUT2D eigenvalue weighted by atomic mass is 10.1. The molecule has 0 fully saturated rings. The fraction of sp³-hybridized carbons (Fsp3) is 0.308. The minimum Gasteiger partial charge on any atom is -0.348 e. The van der Waals surface area contributed by atoms with E-state index in [9.17, 15) is 4.79 Å². The largest absolute Gasteiger partial charge is 0.348 e. The van der Waals surface area contributed by atoms with Crippen molar-refractivity contribution >= 4 is 34.6 Å². The third-order valence-electron chi connectivity index (χ3n) is 1.77. The Kier molecular flexibility index (Phi) is 4.53. The highest BCUT2D eigenvalue weighted by Gasteiger charge is 2.10. The standard InChI is InChI=1S/C13H16INO/c1-13(2,3)15-12(16)8-7-10-5-4-6-11(14)9-10/h4-9H,1-3H3,(H,15,16). The average Bonchev–Trinajstić information content (AvgIpc) is 2.12. The quantitative estimate of drug-likeness (QED) is 0.655. The van der Waals surface area contributed by atoms with Crippen LogP contribution in [-0.4, -0.2) is 11.4 Å². The first-order chi connectivity index (χ1) is 7.37. The van der Waals surface area contributed by atoms with Gasteiger partial charge in [0.25, 0.3) is 0 Å². The second-order valence-corrected chi connectivity index (χ2v) is 5.87. The van der Waals surface area contributed by atoms with Crippen LogP contribution >= 0.6 is 22.6 Å². The summed E-state index contributed by atoms with van der Waals surface area (Å²) in [4.78, 5) is 11.5. The van der Waals surface area contributed by atoms with Gasteiger partial charge < -0.3 is 5.32 Å². The molecule has 0 atom stereocenters. The normalized spacial score (nSPS) is 11.8. The summed E-state index contributed by atoms with van der Waals surface area (Å²) in [5.74, 6) is -0.0636. The Bertz CT molecular complexity index is 405. The number of carbonyl (C=O) groups excluding carboxylic acids is 1. The summed E-state index contributed by atoms with van der Waals surface area (Å²) in [5.41, 5.74) is 0.850. The summed E-state index contributed by atoms with van der Waals surface area (Å²) in [7, 11) is 0. The summed E-state index contributed by atoms with van der Waals surface area (Å²) < 4.78 is 1.16. The molecule has 16 heavy (non-hydrogen) atoms. The Labute approximate surface area is 110 Å². The lowest BCUT2D eigenvalue weighted by molar-refractivity contribution is -0.117. The minimum atomic E-state index is -0.188. The maximum atomic E-state index is 11.5. The van der Waals surface area contributed by atoms with Crippen LogP contribution in [0.15, 0.2) is 30.3 Å². The molecule has 1 aromatic carbocycles. The third kappa shape index (κ3) is 5.30. The smallest absolute Gasteiger partial charge is 0.244 e. The zero-order valence-corrected chi connectivity index (χ0v) is 11.9. The number of carbonyl (C=O) groups is 1. The van der Waals surface area contributed by atoms with Crippen molar-refractivity contribution in [1.82, 2.24) is 5.32 Å².